The normalized spacial score (nSPS) is 21.9. The lowest BCUT2D eigenvalue weighted by atomic mass is 9.93. The highest BCUT2D eigenvalue weighted by Crippen LogP contribution is 2.25. The Hall–Kier alpha value is -1.62. The standard InChI is InChI=1S/C14H18FNO3/c1-14(2)8-10(5-6-19-14)16-13(18)11-4-3-9(15)7-12(11)17/h3-4,7,10,17H,5-6,8H2,1-2H3,(H,16,18). The fourth-order valence-electron chi connectivity index (χ4n) is 2.32. The summed E-state index contributed by atoms with van der Waals surface area (Å²) in [4.78, 5) is 12.0. The van der Waals surface area contributed by atoms with Crippen LogP contribution in [0.3, 0.4) is 0 Å². The Morgan fingerprint density at radius 3 is 2.89 bits per heavy atom. The Morgan fingerprint density at radius 1 is 1.53 bits per heavy atom. The van der Waals surface area contributed by atoms with E-state index in [1.54, 1.807) is 0 Å². The van der Waals surface area contributed by atoms with Gasteiger partial charge < -0.3 is 15.2 Å². The summed E-state index contributed by atoms with van der Waals surface area (Å²) in [5.74, 6) is -1.30. The van der Waals surface area contributed by atoms with Crippen molar-refractivity contribution in [1.82, 2.24) is 5.32 Å². The van der Waals surface area contributed by atoms with Gasteiger partial charge in [0.25, 0.3) is 5.91 Å². The molecule has 5 heteroatoms. The van der Waals surface area contributed by atoms with Crippen molar-refractivity contribution in [1.29, 1.82) is 0 Å². The van der Waals surface area contributed by atoms with Gasteiger partial charge in [-0.1, -0.05) is 0 Å². The molecule has 0 spiro atoms. The fourth-order valence-corrected chi connectivity index (χ4v) is 2.32. The van der Waals surface area contributed by atoms with E-state index >= 15 is 0 Å². The zero-order valence-electron chi connectivity index (χ0n) is 11.1. The molecule has 0 radical (unpaired) electrons. The van der Waals surface area contributed by atoms with Gasteiger partial charge in [-0.3, -0.25) is 4.79 Å². The van der Waals surface area contributed by atoms with Crippen LogP contribution in [0.2, 0.25) is 0 Å². The van der Waals surface area contributed by atoms with Gasteiger partial charge in [-0.2, -0.15) is 0 Å². The van der Waals surface area contributed by atoms with Gasteiger partial charge in [-0.25, -0.2) is 4.39 Å². The molecular weight excluding hydrogens is 249 g/mol. The van der Waals surface area contributed by atoms with E-state index < -0.39 is 5.82 Å². The third kappa shape index (κ3) is 3.44. The van der Waals surface area contributed by atoms with Crippen molar-refractivity contribution in [2.24, 2.45) is 0 Å². The summed E-state index contributed by atoms with van der Waals surface area (Å²) in [6, 6.07) is 3.37. The smallest absolute Gasteiger partial charge is 0.255 e. The number of hydrogen-bond acceptors (Lipinski definition) is 3. The zero-order chi connectivity index (χ0) is 14.0. The number of halogens is 1. The first kappa shape index (κ1) is 13.8. The van der Waals surface area contributed by atoms with Crippen LogP contribution in [0.5, 0.6) is 5.75 Å². The van der Waals surface area contributed by atoms with E-state index in [4.69, 9.17) is 4.74 Å². The highest BCUT2D eigenvalue weighted by molar-refractivity contribution is 5.96. The first-order valence-electron chi connectivity index (χ1n) is 6.31. The van der Waals surface area contributed by atoms with Crippen molar-refractivity contribution < 1.29 is 19.0 Å². The largest absolute Gasteiger partial charge is 0.507 e. The molecule has 0 saturated carbocycles. The molecule has 4 nitrogen and oxygen atoms in total. The molecule has 19 heavy (non-hydrogen) atoms. The topological polar surface area (TPSA) is 58.6 Å². The lowest BCUT2D eigenvalue weighted by Gasteiger charge is -2.35. The molecule has 1 aliphatic rings. The summed E-state index contributed by atoms with van der Waals surface area (Å²) in [6.07, 6.45) is 1.44. The predicted octanol–water partition coefficient (Wildman–Crippen LogP) is 2.22. The highest BCUT2D eigenvalue weighted by atomic mass is 19.1. The van der Waals surface area contributed by atoms with Crippen molar-refractivity contribution in [3.05, 3.63) is 29.6 Å². The van der Waals surface area contributed by atoms with Gasteiger partial charge in [0.15, 0.2) is 0 Å². The summed E-state index contributed by atoms with van der Waals surface area (Å²) < 4.78 is 18.4. The van der Waals surface area contributed by atoms with Gasteiger partial charge in [-0.05, 0) is 38.8 Å². The van der Waals surface area contributed by atoms with Gasteiger partial charge in [0.05, 0.1) is 11.2 Å². The number of phenols is 1. The van der Waals surface area contributed by atoms with Crippen molar-refractivity contribution >= 4 is 5.91 Å². The first-order valence-corrected chi connectivity index (χ1v) is 6.31. The van der Waals surface area contributed by atoms with Crippen molar-refractivity contribution in [3.63, 3.8) is 0 Å². The summed E-state index contributed by atoms with van der Waals surface area (Å²) in [6.45, 7) is 4.54. The lowest BCUT2D eigenvalue weighted by Crippen LogP contribution is -2.45. The monoisotopic (exact) mass is 267 g/mol. The third-order valence-electron chi connectivity index (χ3n) is 3.24. The number of ether oxygens (including phenoxy) is 1. The van der Waals surface area contributed by atoms with E-state index in [0.29, 0.717) is 13.0 Å². The lowest BCUT2D eigenvalue weighted by molar-refractivity contribution is -0.0615. The van der Waals surface area contributed by atoms with E-state index in [2.05, 4.69) is 5.32 Å². The molecule has 1 saturated heterocycles. The van der Waals surface area contributed by atoms with Crippen molar-refractivity contribution in [3.8, 4) is 5.75 Å². The molecule has 0 bridgehead atoms. The van der Waals surface area contributed by atoms with E-state index in [9.17, 15) is 14.3 Å². The molecule has 1 fully saturated rings. The van der Waals surface area contributed by atoms with Gasteiger partial charge >= 0.3 is 0 Å². The van der Waals surface area contributed by atoms with Crippen LogP contribution in [-0.4, -0.2) is 29.3 Å². The molecule has 1 aromatic carbocycles. The van der Waals surface area contributed by atoms with Crippen LogP contribution >= 0.6 is 0 Å². The SMILES string of the molecule is CC1(C)CC(NC(=O)c2ccc(F)cc2O)CCO1. The molecule has 1 amide bonds. The number of hydrogen-bond donors (Lipinski definition) is 2. The third-order valence-corrected chi connectivity index (χ3v) is 3.24. The van der Waals surface area contributed by atoms with E-state index in [1.165, 1.54) is 6.07 Å². The minimum absolute atomic E-state index is 0.000651. The molecule has 1 aromatic rings. The number of nitrogens with one attached hydrogen (secondary N) is 1. The second-order valence-electron chi connectivity index (χ2n) is 5.43. The highest BCUT2D eigenvalue weighted by Gasteiger charge is 2.30. The fraction of sp³-hybridized carbons (Fsp3) is 0.500. The molecule has 1 unspecified atom stereocenters. The number of phenolic OH excluding ortho intramolecular Hbond substituents is 1. The van der Waals surface area contributed by atoms with Crippen molar-refractivity contribution in [2.75, 3.05) is 6.61 Å². The molecule has 2 N–H and O–H groups in total. The molecule has 2 rings (SSSR count). The van der Waals surface area contributed by atoms with E-state index in [-0.39, 0.29) is 28.9 Å². The second kappa shape index (κ2) is 5.17. The van der Waals surface area contributed by atoms with Gasteiger partial charge in [-0.15, -0.1) is 0 Å². The molecule has 0 aliphatic carbocycles. The van der Waals surface area contributed by atoms with Crippen LogP contribution in [-0.2, 0) is 4.74 Å². The first-order chi connectivity index (χ1) is 8.87. The molecule has 1 atom stereocenters. The Morgan fingerprint density at radius 2 is 2.26 bits per heavy atom. The number of rotatable bonds is 2. The maximum absolute atomic E-state index is 12.9. The van der Waals surface area contributed by atoms with Gasteiger partial charge in [0.1, 0.15) is 11.6 Å². The molecule has 0 aromatic heterocycles. The number of amides is 1. The van der Waals surface area contributed by atoms with Crippen LogP contribution in [0.25, 0.3) is 0 Å². The second-order valence-corrected chi connectivity index (χ2v) is 5.43. The number of carbonyl (C=O) groups excluding carboxylic acids is 1. The maximum atomic E-state index is 12.9. The van der Waals surface area contributed by atoms with Crippen LogP contribution in [0.1, 0.15) is 37.0 Å². The van der Waals surface area contributed by atoms with Crippen molar-refractivity contribution in [2.45, 2.75) is 38.3 Å². The van der Waals surface area contributed by atoms with E-state index in [0.717, 1.165) is 18.6 Å². The summed E-state index contributed by atoms with van der Waals surface area (Å²) in [7, 11) is 0. The Kier molecular flexibility index (Phi) is 3.75. The van der Waals surface area contributed by atoms with E-state index in [1.807, 2.05) is 13.8 Å². The summed E-state index contributed by atoms with van der Waals surface area (Å²) in [5.41, 5.74) is -0.174. The average molecular weight is 267 g/mol. The Balaban J connectivity index is 2.04. The number of aromatic hydroxyl groups is 1. The van der Waals surface area contributed by atoms with Crippen LogP contribution < -0.4 is 5.32 Å². The maximum Gasteiger partial charge on any atom is 0.255 e. The molecule has 1 heterocycles. The quantitative estimate of drug-likeness (QED) is 0.863. The average Bonchev–Trinajstić information content (AvgIpc) is 2.27. The van der Waals surface area contributed by atoms with Gasteiger partial charge in [0, 0.05) is 18.7 Å². The van der Waals surface area contributed by atoms with Crippen LogP contribution in [0.15, 0.2) is 18.2 Å². The minimum atomic E-state index is -0.568. The summed E-state index contributed by atoms with van der Waals surface area (Å²) in [5, 5.41) is 12.4. The Bertz CT molecular complexity index is 488. The predicted molar refractivity (Wildman–Crippen MR) is 68.6 cm³/mol. The van der Waals surface area contributed by atoms with Gasteiger partial charge in [0.2, 0.25) is 0 Å². The zero-order valence-corrected chi connectivity index (χ0v) is 11.1. The van der Waals surface area contributed by atoms with Crippen LogP contribution in [0, 0.1) is 5.82 Å². The summed E-state index contributed by atoms with van der Waals surface area (Å²) >= 11 is 0. The molecule has 1 aliphatic heterocycles. The number of benzene rings is 1. The molecular formula is C14H18FNO3. The Labute approximate surface area is 111 Å². The minimum Gasteiger partial charge on any atom is -0.507 e. The molecule has 104 valence electrons. The number of carbonyl (C=O) groups is 1. The van der Waals surface area contributed by atoms with Crippen LogP contribution in [0.4, 0.5) is 4.39 Å².